The van der Waals surface area contributed by atoms with Gasteiger partial charge in [0.15, 0.2) is 0 Å². The van der Waals surface area contributed by atoms with Crippen molar-refractivity contribution in [1.82, 2.24) is 15.1 Å². The summed E-state index contributed by atoms with van der Waals surface area (Å²) in [7, 11) is 1.68. The predicted octanol–water partition coefficient (Wildman–Crippen LogP) is 3.13. The van der Waals surface area contributed by atoms with Gasteiger partial charge in [-0.1, -0.05) is 15.9 Å². The van der Waals surface area contributed by atoms with E-state index in [1.54, 1.807) is 19.3 Å². The first kappa shape index (κ1) is 15.6. The Morgan fingerprint density at radius 1 is 1.38 bits per heavy atom. The molecule has 112 valence electrons. The van der Waals surface area contributed by atoms with Gasteiger partial charge < -0.3 is 5.32 Å². The van der Waals surface area contributed by atoms with Gasteiger partial charge in [0.1, 0.15) is 0 Å². The van der Waals surface area contributed by atoms with Crippen LogP contribution in [0.3, 0.4) is 0 Å². The molecule has 0 saturated carbocycles. The molecule has 0 aliphatic rings. The summed E-state index contributed by atoms with van der Waals surface area (Å²) in [6, 6.07) is 5.10. The van der Waals surface area contributed by atoms with E-state index in [0.717, 1.165) is 12.1 Å². The number of nitrogens with zero attached hydrogens (tertiary/aromatic N) is 2. The highest BCUT2D eigenvalue weighted by molar-refractivity contribution is 9.10. The number of rotatable bonds is 3. The standard InChI is InChI=1S/C13H11BrF3N3O/c1-20-9(4-5-19-20)7-18-12(21)10-3-2-8(14)6-11(10)13(15,16)17/h2-6H,7H2,1H3,(H,18,21). The van der Waals surface area contributed by atoms with Crippen molar-refractivity contribution < 1.29 is 18.0 Å². The number of hydrogen-bond donors (Lipinski definition) is 1. The van der Waals surface area contributed by atoms with Crippen molar-refractivity contribution in [3.05, 3.63) is 51.8 Å². The lowest BCUT2D eigenvalue weighted by molar-refractivity contribution is -0.138. The van der Waals surface area contributed by atoms with Crippen LogP contribution in [0.15, 0.2) is 34.9 Å². The molecule has 2 rings (SSSR count). The first-order chi connectivity index (χ1) is 9.79. The van der Waals surface area contributed by atoms with Crippen LogP contribution in [-0.4, -0.2) is 15.7 Å². The fourth-order valence-electron chi connectivity index (χ4n) is 1.79. The minimum atomic E-state index is -4.59. The van der Waals surface area contributed by atoms with Crippen LogP contribution in [0, 0.1) is 0 Å². The first-order valence-corrected chi connectivity index (χ1v) is 6.70. The van der Waals surface area contributed by atoms with E-state index in [4.69, 9.17) is 0 Å². The van der Waals surface area contributed by atoms with Gasteiger partial charge in [-0.3, -0.25) is 9.48 Å². The quantitative estimate of drug-likeness (QED) is 0.912. The van der Waals surface area contributed by atoms with Crippen LogP contribution in [0.2, 0.25) is 0 Å². The molecule has 1 N–H and O–H groups in total. The van der Waals surface area contributed by atoms with Crippen molar-refractivity contribution in [1.29, 1.82) is 0 Å². The highest BCUT2D eigenvalue weighted by Crippen LogP contribution is 2.33. The molecule has 0 unspecified atom stereocenters. The Morgan fingerprint density at radius 2 is 2.10 bits per heavy atom. The zero-order valence-corrected chi connectivity index (χ0v) is 12.5. The maximum absolute atomic E-state index is 13.0. The van der Waals surface area contributed by atoms with E-state index < -0.39 is 23.2 Å². The monoisotopic (exact) mass is 361 g/mol. The van der Waals surface area contributed by atoms with Gasteiger partial charge in [0.2, 0.25) is 0 Å². The summed E-state index contributed by atoms with van der Waals surface area (Å²) in [5, 5.41) is 6.37. The average molecular weight is 362 g/mol. The normalized spacial score (nSPS) is 11.5. The van der Waals surface area contributed by atoms with Gasteiger partial charge in [-0.15, -0.1) is 0 Å². The third-order valence-electron chi connectivity index (χ3n) is 2.88. The molecule has 21 heavy (non-hydrogen) atoms. The number of amides is 1. The van der Waals surface area contributed by atoms with Crippen LogP contribution < -0.4 is 5.32 Å². The van der Waals surface area contributed by atoms with E-state index in [1.807, 2.05) is 0 Å². The summed E-state index contributed by atoms with van der Waals surface area (Å²) < 4.78 is 40.7. The fourth-order valence-corrected chi connectivity index (χ4v) is 2.15. The molecule has 0 saturated heterocycles. The molecule has 1 heterocycles. The fraction of sp³-hybridized carbons (Fsp3) is 0.231. The van der Waals surface area contributed by atoms with E-state index >= 15 is 0 Å². The van der Waals surface area contributed by atoms with Crippen molar-refractivity contribution in [2.45, 2.75) is 12.7 Å². The number of alkyl halides is 3. The molecule has 0 bridgehead atoms. The largest absolute Gasteiger partial charge is 0.417 e. The van der Waals surface area contributed by atoms with Gasteiger partial charge in [0, 0.05) is 17.7 Å². The summed E-state index contributed by atoms with van der Waals surface area (Å²) in [5.41, 5.74) is -0.693. The highest BCUT2D eigenvalue weighted by Gasteiger charge is 2.35. The molecule has 4 nitrogen and oxygen atoms in total. The Hall–Kier alpha value is -1.83. The number of halogens is 4. The molecule has 2 aromatic rings. The van der Waals surface area contributed by atoms with Crippen LogP contribution in [0.1, 0.15) is 21.6 Å². The van der Waals surface area contributed by atoms with Gasteiger partial charge in [0.05, 0.1) is 23.4 Å². The van der Waals surface area contributed by atoms with Crippen molar-refractivity contribution in [2.24, 2.45) is 7.05 Å². The van der Waals surface area contributed by atoms with E-state index in [0.29, 0.717) is 5.69 Å². The molecule has 1 amide bonds. The zero-order chi connectivity index (χ0) is 15.6. The van der Waals surface area contributed by atoms with Crippen molar-refractivity contribution in [3.63, 3.8) is 0 Å². The topological polar surface area (TPSA) is 46.9 Å². The molecule has 0 aliphatic carbocycles. The van der Waals surface area contributed by atoms with Crippen LogP contribution >= 0.6 is 15.9 Å². The summed E-state index contributed by atoms with van der Waals surface area (Å²) in [4.78, 5) is 12.0. The molecule has 0 spiro atoms. The second-order valence-corrected chi connectivity index (χ2v) is 5.23. The number of carbonyl (C=O) groups excluding carboxylic acids is 1. The third kappa shape index (κ3) is 3.63. The van der Waals surface area contributed by atoms with E-state index in [9.17, 15) is 18.0 Å². The summed E-state index contributed by atoms with van der Waals surface area (Å²) in [6.45, 7) is 0.0999. The second-order valence-electron chi connectivity index (χ2n) is 4.32. The average Bonchev–Trinajstić information content (AvgIpc) is 2.80. The van der Waals surface area contributed by atoms with Gasteiger partial charge in [-0.25, -0.2) is 0 Å². The summed E-state index contributed by atoms with van der Waals surface area (Å²) >= 11 is 2.97. The predicted molar refractivity (Wildman–Crippen MR) is 73.5 cm³/mol. The minimum absolute atomic E-state index is 0.0999. The molecular formula is C13H11BrF3N3O. The summed E-state index contributed by atoms with van der Waals surface area (Å²) in [6.07, 6.45) is -3.05. The first-order valence-electron chi connectivity index (χ1n) is 5.91. The smallest absolute Gasteiger partial charge is 0.346 e. The lowest BCUT2D eigenvalue weighted by Crippen LogP contribution is -2.26. The molecule has 1 aromatic heterocycles. The third-order valence-corrected chi connectivity index (χ3v) is 3.38. The highest BCUT2D eigenvalue weighted by atomic mass is 79.9. The number of carbonyl (C=O) groups is 1. The lowest BCUT2D eigenvalue weighted by atomic mass is 10.1. The lowest BCUT2D eigenvalue weighted by Gasteiger charge is -2.13. The van der Waals surface area contributed by atoms with Crippen LogP contribution in [0.5, 0.6) is 0 Å². The Bertz CT molecular complexity index is 667. The molecule has 8 heteroatoms. The molecule has 0 radical (unpaired) electrons. The Labute approximate surface area is 127 Å². The Balaban J connectivity index is 2.21. The van der Waals surface area contributed by atoms with Crippen molar-refractivity contribution >= 4 is 21.8 Å². The SMILES string of the molecule is Cn1nccc1CNC(=O)c1ccc(Br)cc1C(F)(F)F. The molecule has 0 fully saturated rings. The number of benzene rings is 1. The van der Waals surface area contributed by atoms with Crippen LogP contribution in [-0.2, 0) is 19.8 Å². The number of aromatic nitrogens is 2. The van der Waals surface area contributed by atoms with Crippen molar-refractivity contribution in [3.8, 4) is 0 Å². The van der Waals surface area contributed by atoms with Gasteiger partial charge >= 0.3 is 6.18 Å². The molecular weight excluding hydrogens is 351 g/mol. The maximum atomic E-state index is 13.0. The minimum Gasteiger partial charge on any atom is -0.346 e. The van der Waals surface area contributed by atoms with E-state index in [1.165, 1.54) is 10.7 Å². The van der Waals surface area contributed by atoms with E-state index in [2.05, 4.69) is 26.3 Å². The Kier molecular flexibility index (Phi) is 4.36. The van der Waals surface area contributed by atoms with Crippen LogP contribution in [0.25, 0.3) is 0 Å². The molecule has 1 aromatic carbocycles. The maximum Gasteiger partial charge on any atom is 0.417 e. The van der Waals surface area contributed by atoms with Gasteiger partial charge in [0.25, 0.3) is 5.91 Å². The number of aryl methyl sites for hydroxylation is 1. The zero-order valence-electron chi connectivity index (χ0n) is 10.9. The molecule has 0 atom stereocenters. The Morgan fingerprint density at radius 3 is 2.67 bits per heavy atom. The number of hydrogen-bond acceptors (Lipinski definition) is 2. The van der Waals surface area contributed by atoms with Gasteiger partial charge in [-0.2, -0.15) is 18.3 Å². The second kappa shape index (κ2) is 5.88. The number of nitrogens with one attached hydrogen (secondary N) is 1. The summed E-state index contributed by atoms with van der Waals surface area (Å²) in [5.74, 6) is -0.781. The van der Waals surface area contributed by atoms with Crippen LogP contribution in [0.4, 0.5) is 13.2 Å². The molecule has 0 aliphatic heterocycles. The van der Waals surface area contributed by atoms with E-state index in [-0.39, 0.29) is 11.0 Å². The van der Waals surface area contributed by atoms with Crippen molar-refractivity contribution in [2.75, 3.05) is 0 Å². The van der Waals surface area contributed by atoms with Gasteiger partial charge in [-0.05, 0) is 24.3 Å².